The highest BCUT2D eigenvalue weighted by atomic mass is 32.1. The molecule has 0 radical (unpaired) electrons. The number of allylic oxidation sites excluding steroid dienone is 4. The van der Waals surface area contributed by atoms with Crippen molar-refractivity contribution in [3.05, 3.63) is 64.8 Å². The van der Waals surface area contributed by atoms with Gasteiger partial charge in [-0.25, -0.2) is 4.39 Å². The fourth-order valence-corrected chi connectivity index (χ4v) is 5.05. The van der Waals surface area contributed by atoms with Crippen LogP contribution < -0.4 is 0 Å². The highest BCUT2D eigenvalue weighted by molar-refractivity contribution is 7.10. The summed E-state index contributed by atoms with van der Waals surface area (Å²) in [7, 11) is 3.84. The van der Waals surface area contributed by atoms with Crippen LogP contribution >= 0.6 is 11.3 Å². The molecular weight excluding hydrogens is 367 g/mol. The molecule has 28 heavy (non-hydrogen) atoms. The van der Waals surface area contributed by atoms with Crippen molar-refractivity contribution in [3.8, 4) is 0 Å². The van der Waals surface area contributed by atoms with Crippen molar-refractivity contribution in [2.75, 3.05) is 14.1 Å². The van der Waals surface area contributed by atoms with Gasteiger partial charge in [-0.15, -0.1) is 11.3 Å². The van der Waals surface area contributed by atoms with E-state index >= 15 is 0 Å². The maximum absolute atomic E-state index is 13.7. The Hall–Kier alpha value is -1.81. The number of alkyl halides is 1. The smallest absolute Gasteiger partial charge is 0.191 e. The second kappa shape index (κ2) is 8.28. The molecule has 154 valence electrons. The van der Waals surface area contributed by atoms with Gasteiger partial charge in [-0.2, -0.15) is 0 Å². The summed E-state index contributed by atoms with van der Waals surface area (Å²) in [6, 6.07) is 2.27. The van der Waals surface area contributed by atoms with Crippen LogP contribution in [0.5, 0.6) is 0 Å². The van der Waals surface area contributed by atoms with Crippen LogP contribution in [-0.4, -0.2) is 30.2 Å². The van der Waals surface area contributed by atoms with Crippen molar-refractivity contribution in [2.45, 2.75) is 52.8 Å². The summed E-state index contributed by atoms with van der Waals surface area (Å²) >= 11 is 1.79. The fraction of sp³-hybridized carbons (Fsp3) is 0.500. The predicted molar refractivity (Wildman–Crippen MR) is 122 cm³/mol. The van der Waals surface area contributed by atoms with Crippen molar-refractivity contribution < 1.29 is 4.39 Å². The lowest BCUT2D eigenvalue weighted by Crippen LogP contribution is -2.35. The Kier molecular flexibility index (Phi) is 6.65. The third kappa shape index (κ3) is 4.27. The molecule has 0 N–H and O–H groups in total. The minimum absolute atomic E-state index is 0. The van der Waals surface area contributed by atoms with Crippen molar-refractivity contribution >= 4 is 16.9 Å². The molecule has 1 saturated carbocycles. The molecule has 1 aromatic heterocycles. The first-order valence-corrected chi connectivity index (χ1v) is 10.4. The Morgan fingerprint density at radius 1 is 1.36 bits per heavy atom. The van der Waals surface area contributed by atoms with E-state index in [1.165, 1.54) is 17.7 Å². The number of thiophene rings is 1. The highest BCUT2D eigenvalue weighted by Gasteiger charge is 2.45. The second-order valence-corrected chi connectivity index (χ2v) is 9.41. The standard InChI is InChI=1S/C23H31FN2S.CH4/c1-15(2)26(7)16(3)22(17-8-9-17)23(4,5)20-12-19(14-27-20)18-10-11-21(24)25(6)13-18;/h10-14,17,21-22H,1,3,8-9H2,2,4-7H3;1H4. The third-order valence-corrected chi connectivity index (χ3v) is 7.24. The molecule has 1 aliphatic heterocycles. The zero-order valence-corrected chi connectivity index (χ0v) is 17.9. The lowest BCUT2D eigenvalue weighted by Gasteiger charge is -2.39. The molecular formula is C24H35FN2S. The topological polar surface area (TPSA) is 6.48 Å². The van der Waals surface area contributed by atoms with Gasteiger partial charge in [0.25, 0.3) is 0 Å². The van der Waals surface area contributed by atoms with Gasteiger partial charge in [-0.3, -0.25) is 0 Å². The summed E-state index contributed by atoms with van der Waals surface area (Å²) in [5, 5.41) is 2.19. The molecule has 2 unspecified atom stereocenters. The maximum Gasteiger partial charge on any atom is 0.191 e. The first-order valence-electron chi connectivity index (χ1n) is 9.56. The normalized spacial score (nSPS) is 20.3. The van der Waals surface area contributed by atoms with E-state index in [1.807, 2.05) is 19.2 Å². The molecule has 4 heteroatoms. The lowest BCUT2D eigenvalue weighted by molar-refractivity contribution is 0.209. The minimum Gasteiger partial charge on any atom is -0.353 e. The molecule has 1 aromatic rings. The van der Waals surface area contributed by atoms with Gasteiger partial charge in [0.05, 0.1) is 0 Å². The number of hydrogen-bond acceptors (Lipinski definition) is 3. The molecule has 0 aromatic carbocycles. The molecule has 2 nitrogen and oxygen atoms in total. The van der Waals surface area contributed by atoms with Crippen LogP contribution in [0.1, 0.15) is 51.5 Å². The largest absolute Gasteiger partial charge is 0.353 e. The van der Waals surface area contributed by atoms with Gasteiger partial charge >= 0.3 is 0 Å². The van der Waals surface area contributed by atoms with E-state index in [4.69, 9.17) is 0 Å². The lowest BCUT2D eigenvalue weighted by atomic mass is 9.72. The van der Waals surface area contributed by atoms with E-state index in [1.54, 1.807) is 29.4 Å². The van der Waals surface area contributed by atoms with Crippen LogP contribution in [0.15, 0.2) is 54.4 Å². The molecule has 0 bridgehead atoms. The molecule has 2 heterocycles. The number of likely N-dealkylation sites (N-methyl/N-ethyl adjacent to an activating group) is 1. The minimum atomic E-state index is -1.04. The summed E-state index contributed by atoms with van der Waals surface area (Å²) in [5.74, 6) is 1.08. The quantitative estimate of drug-likeness (QED) is 0.462. The monoisotopic (exact) mass is 402 g/mol. The Labute approximate surface area is 174 Å². The number of halogens is 1. The average Bonchev–Trinajstić information content (AvgIpc) is 3.29. The van der Waals surface area contributed by atoms with Gasteiger partial charge in [0.1, 0.15) is 0 Å². The van der Waals surface area contributed by atoms with Gasteiger partial charge < -0.3 is 9.80 Å². The molecule has 3 rings (SSSR count). The van der Waals surface area contributed by atoms with Crippen LogP contribution in [0, 0.1) is 11.8 Å². The third-order valence-electron chi connectivity index (χ3n) is 5.97. The van der Waals surface area contributed by atoms with Crippen LogP contribution in [-0.2, 0) is 5.41 Å². The van der Waals surface area contributed by atoms with Gasteiger partial charge in [0.2, 0.25) is 0 Å². The second-order valence-electron chi connectivity index (χ2n) is 8.50. The highest BCUT2D eigenvalue weighted by Crippen LogP contribution is 2.52. The van der Waals surface area contributed by atoms with Gasteiger partial charge in [-0.1, -0.05) is 40.5 Å². The molecule has 1 aliphatic carbocycles. The Bertz CT molecular complexity index is 797. The van der Waals surface area contributed by atoms with E-state index in [0.29, 0.717) is 11.8 Å². The van der Waals surface area contributed by atoms with Crippen LogP contribution in [0.3, 0.4) is 0 Å². The number of hydrogen-bond donors (Lipinski definition) is 0. The van der Waals surface area contributed by atoms with Crippen molar-refractivity contribution in [1.82, 2.24) is 9.80 Å². The van der Waals surface area contributed by atoms with Crippen LogP contribution in [0.4, 0.5) is 4.39 Å². The Balaban J connectivity index is 0.00000280. The molecule has 1 fully saturated rings. The van der Waals surface area contributed by atoms with Crippen LogP contribution in [0.2, 0.25) is 0 Å². The summed E-state index contributed by atoms with van der Waals surface area (Å²) in [4.78, 5) is 5.10. The zero-order valence-electron chi connectivity index (χ0n) is 17.1. The van der Waals surface area contributed by atoms with Gasteiger partial charge in [-0.05, 0) is 54.3 Å². The SMILES string of the molecule is C.C=C(C)N(C)C(=C)C(C1CC1)C(C)(C)c1cc(C2=CN(C)C(F)C=C2)cs1. The van der Waals surface area contributed by atoms with Crippen molar-refractivity contribution in [2.24, 2.45) is 11.8 Å². The van der Waals surface area contributed by atoms with E-state index < -0.39 is 6.30 Å². The fourth-order valence-electron chi connectivity index (χ4n) is 3.96. The first-order chi connectivity index (χ1) is 12.6. The molecule has 2 atom stereocenters. The molecule has 0 amide bonds. The predicted octanol–water partition coefficient (Wildman–Crippen LogP) is 6.81. The maximum atomic E-state index is 13.7. The molecule has 2 aliphatic rings. The Morgan fingerprint density at radius 3 is 2.54 bits per heavy atom. The average molecular weight is 403 g/mol. The van der Waals surface area contributed by atoms with Crippen molar-refractivity contribution in [3.63, 3.8) is 0 Å². The van der Waals surface area contributed by atoms with E-state index in [-0.39, 0.29) is 12.8 Å². The molecule has 0 saturated heterocycles. The zero-order chi connectivity index (χ0) is 19.9. The first kappa shape index (κ1) is 22.5. The van der Waals surface area contributed by atoms with E-state index in [9.17, 15) is 4.39 Å². The molecule has 0 spiro atoms. The van der Waals surface area contributed by atoms with Gasteiger partial charge in [0, 0.05) is 47.9 Å². The van der Waals surface area contributed by atoms with Gasteiger partial charge in [0.15, 0.2) is 6.30 Å². The Morgan fingerprint density at radius 2 is 2.00 bits per heavy atom. The summed E-state index contributed by atoms with van der Waals surface area (Å²) in [6.07, 6.45) is 6.88. The summed E-state index contributed by atoms with van der Waals surface area (Å²) in [5.41, 5.74) is 4.38. The summed E-state index contributed by atoms with van der Waals surface area (Å²) in [6.45, 7) is 15.2. The summed E-state index contributed by atoms with van der Waals surface area (Å²) < 4.78 is 13.7. The van der Waals surface area contributed by atoms with Crippen LogP contribution in [0.25, 0.3) is 5.57 Å². The van der Waals surface area contributed by atoms with E-state index in [2.05, 4.69) is 50.4 Å². The number of rotatable bonds is 7. The number of nitrogens with zero attached hydrogens (tertiary/aromatic N) is 2. The van der Waals surface area contributed by atoms with Crippen molar-refractivity contribution in [1.29, 1.82) is 0 Å². The van der Waals surface area contributed by atoms with E-state index in [0.717, 1.165) is 22.5 Å².